The van der Waals surface area contributed by atoms with Crippen molar-refractivity contribution in [1.82, 2.24) is 15.2 Å². The maximum atomic E-state index is 13.0. The molecule has 6 nitrogen and oxygen atoms in total. The lowest BCUT2D eigenvalue weighted by atomic mass is 10.2. The van der Waals surface area contributed by atoms with Gasteiger partial charge in [-0.25, -0.2) is 9.18 Å². The first kappa shape index (κ1) is 19.3. The highest BCUT2D eigenvalue weighted by Gasteiger charge is 2.22. The number of aromatic nitrogens is 1. The molecular weight excluding hydrogens is 369 g/mol. The van der Waals surface area contributed by atoms with Crippen molar-refractivity contribution in [2.75, 3.05) is 24.6 Å². The highest BCUT2D eigenvalue weighted by Crippen LogP contribution is 2.21. The molecule has 2 heterocycles. The number of nitrogens with one attached hydrogen (secondary N) is 1. The van der Waals surface area contributed by atoms with E-state index in [-0.39, 0.29) is 24.3 Å². The number of amides is 2. The number of urea groups is 1. The zero-order valence-electron chi connectivity index (χ0n) is 15.1. The van der Waals surface area contributed by atoms with Crippen molar-refractivity contribution >= 4 is 16.8 Å². The molecule has 0 radical (unpaired) electrons. The number of carbonyl (C=O) groups excluding carboxylic acids is 1. The summed E-state index contributed by atoms with van der Waals surface area (Å²) in [5.74, 6) is 2.10. The summed E-state index contributed by atoms with van der Waals surface area (Å²) in [7, 11) is -0.863. The van der Waals surface area contributed by atoms with Crippen LogP contribution in [0.1, 0.15) is 12.6 Å². The van der Waals surface area contributed by atoms with Crippen molar-refractivity contribution in [3.63, 3.8) is 0 Å². The van der Waals surface area contributed by atoms with Gasteiger partial charge in [-0.2, -0.15) is 0 Å². The third-order valence-corrected chi connectivity index (χ3v) is 5.72. The highest BCUT2D eigenvalue weighted by molar-refractivity contribution is 7.85. The Bertz CT molecular complexity index is 816. The smallest absolute Gasteiger partial charge is 0.317 e. The molecule has 1 aromatic carbocycles. The maximum absolute atomic E-state index is 13.0. The van der Waals surface area contributed by atoms with Crippen molar-refractivity contribution in [3.8, 4) is 11.5 Å². The van der Waals surface area contributed by atoms with Gasteiger partial charge in [0.2, 0.25) is 0 Å². The zero-order chi connectivity index (χ0) is 19.2. The number of ether oxygens (including phenoxy) is 1. The highest BCUT2D eigenvalue weighted by atomic mass is 32.2. The number of hydrogen-bond donors (Lipinski definition) is 1. The summed E-state index contributed by atoms with van der Waals surface area (Å²) in [6, 6.07) is 8.97. The second-order valence-corrected chi connectivity index (χ2v) is 8.18. The molecule has 2 atom stereocenters. The molecule has 1 aliphatic heterocycles. The summed E-state index contributed by atoms with van der Waals surface area (Å²) in [6.07, 6.45) is 1.59. The Balaban J connectivity index is 1.57. The van der Waals surface area contributed by atoms with Gasteiger partial charge in [0, 0.05) is 47.7 Å². The fraction of sp³-hybridized carbons (Fsp3) is 0.368. The molecule has 0 bridgehead atoms. The Morgan fingerprint density at radius 1 is 1.33 bits per heavy atom. The Hall–Kier alpha value is -2.48. The van der Waals surface area contributed by atoms with Crippen LogP contribution in [-0.2, 0) is 17.3 Å². The normalized spacial score (nSPS) is 20.0. The third kappa shape index (κ3) is 5.75. The van der Waals surface area contributed by atoms with Gasteiger partial charge in [-0.15, -0.1) is 0 Å². The number of benzene rings is 1. The third-order valence-electron chi connectivity index (χ3n) is 4.14. The molecule has 0 saturated carbocycles. The van der Waals surface area contributed by atoms with Crippen LogP contribution in [0.4, 0.5) is 9.18 Å². The molecule has 2 unspecified atom stereocenters. The fourth-order valence-corrected chi connectivity index (χ4v) is 4.18. The molecule has 0 spiro atoms. The fourth-order valence-electron chi connectivity index (χ4n) is 2.85. The van der Waals surface area contributed by atoms with E-state index in [9.17, 15) is 13.4 Å². The lowest BCUT2D eigenvalue weighted by Crippen LogP contribution is -2.42. The minimum absolute atomic E-state index is 0.188. The van der Waals surface area contributed by atoms with Gasteiger partial charge in [0.15, 0.2) is 0 Å². The number of nitrogens with zero attached hydrogens (tertiary/aromatic N) is 2. The summed E-state index contributed by atoms with van der Waals surface area (Å²) in [5, 5.41) is 2.85. The Labute approximate surface area is 160 Å². The van der Waals surface area contributed by atoms with Gasteiger partial charge in [-0.3, -0.25) is 9.19 Å². The summed E-state index contributed by atoms with van der Waals surface area (Å²) in [4.78, 5) is 18.3. The van der Waals surface area contributed by atoms with E-state index in [1.165, 1.54) is 12.1 Å². The molecule has 3 rings (SSSR count). The number of pyridine rings is 1. The summed E-state index contributed by atoms with van der Waals surface area (Å²) in [6.45, 7) is 3.34. The predicted octanol–water partition coefficient (Wildman–Crippen LogP) is 2.92. The molecule has 1 N–H and O–H groups in total. The van der Waals surface area contributed by atoms with E-state index in [1.54, 1.807) is 35.4 Å². The standard InChI is InChI=1S/C19H22FN3O3S/c1-14-12-23(8-9-27(25)13-14)19(24)22-11-16-10-18(6-7-21-16)26-17-4-2-15(20)3-5-17/h2-7,10,14H,8-9,11-13H2,1H3,(H,22,24). The minimum Gasteiger partial charge on any atom is -0.457 e. The predicted molar refractivity (Wildman–Crippen MR) is 102 cm³/mol. The average molecular weight is 391 g/mol. The quantitative estimate of drug-likeness (QED) is 0.870. The summed E-state index contributed by atoms with van der Waals surface area (Å²) >= 11 is 0. The maximum Gasteiger partial charge on any atom is 0.317 e. The Morgan fingerprint density at radius 2 is 2.11 bits per heavy atom. The second kappa shape index (κ2) is 8.94. The summed E-state index contributed by atoms with van der Waals surface area (Å²) in [5.41, 5.74) is 0.648. The molecule has 1 aliphatic rings. The lowest BCUT2D eigenvalue weighted by molar-refractivity contribution is 0.195. The Morgan fingerprint density at radius 3 is 2.89 bits per heavy atom. The molecule has 27 heavy (non-hydrogen) atoms. The average Bonchev–Trinajstić information content (AvgIpc) is 2.82. The van der Waals surface area contributed by atoms with Crippen molar-refractivity contribution in [2.45, 2.75) is 13.5 Å². The van der Waals surface area contributed by atoms with Crippen molar-refractivity contribution < 1.29 is 18.1 Å². The van der Waals surface area contributed by atoms with E-state index < -0.39 is 10.8 Å². The van der Waals surface area contributed by atoms with Gasteiger partial charge in [-0.1, -0.05) is 6.92 Å². The van der Waals surface area contributed by atoms with E-state index in [2.05, 4.69) is 10.3 Å². The van der Waals surface area contributed by atoms with Crippen molar-refractivity contribution in [1.29, 1.82) is 0 Å². The molecule has 144 valence electrons. The van der Waals surface area contributed by atoms with Crippen LogP contribution in [0.15, 0.2) is 42.6 Å². The van der Waals surface area contributed by atoms with Crippen LogP contribution < -0.4 is 10.1 Å². The first-order valence-corrected chi connectivity index (χ1v) is 10.2. The van der Waals surface area contributed by atoms with Gasteiger partial charge < -0.3 is 15.0 Å². The van der Waals surface area contributed by atoms with E-state index in [0.717, 1.165) is 0 Å². The van der Waals surface area contributed by atoms with E-state index in [0.29, 0.717) is 41.8 Å². The van der Waals surface area contributed by atoms with E-state index >= 15 is 0 Å². The SMILES string of the molecule is CC1CN(C(=O)NCc2cc(Oc3ccc(F)cc3)ccn2)CCS(=O)C1. The van der Waals surface area contributed by atoms with Gasteiger partial charge >= 0.3 is 6.03 Å². The van der Waals surface area contributed by atoms with E-state index in [4.69, 9.17) is 4.74 Å². The molecule has 2 amide bonds. The molecule has 1 saturated heterocycles. The van der Waals surface area contributed by atoms with Crippen LogP contribution >= 0.6 is 0 Å². The minimum atomic E-state index is -0.863. The molecule has 1 fully saturated rings. The zero-order valence-corrected chi connectivity index (χ0v) is 15.9. The largest absolute Gasteiger partial charge is 0.457 e. The lowest BCUT2D eigenvalue weighted by Gasteiger charge is -2.22. The molecule has 2 aromatic rings. The van der Waals surface area contributed by atoms with Crippen molar-refractivity contribution in [2.24, 2.45) is 5.92 Å². The molecule has 1 aromatic heterocycles. The molecular formula is C19H22FN3O3S. The monoisotopic (exact) mass is 391 g/mol. The second-order valence-electron chi connectivity index (χ2n) is 6.56. The van der Waals surface area contributed by atoms with Gasteiger partial charge in [0.1, 0.15) is 17.3 Å². The van der Waals surface area contributed by atoms with Gasteiger partial charge in [0.05, 0.1) is 12.2 Å². The number of halogens is 1. The van der Waals surface area contributed by atoms with Crippen LogP contribution in [0.25, 0.3) is 0 Å². The van der Waals surface area contributed by atoms with Crippen LogP contribution in [0.5, 0.6) is 11.5 Å². The number of hydrogen-bond acceptors (Lipinski definition) is 4. The first-order chi connectivity index (χ1) is 13.0. The molecule has 0 aliphatic carbocycles. The number of rotatable bonds is 4. The van der Waals surface area contributed by atoms with Crippen LogP contribution in [-0.4, -0.2) is 44.7 Å². The topological polar surface area (TPSA) is 71.5 Å². The van der Waals surface area contributed by atoms with Gasteiger partial charge in [-0.05, 0) is 36.2 Å². The first-order valence-electron chi connectivity index (χ1n) is 8.75. The van der Waals surface area contributed by atoms with Crippen LogP contribution in [0.2, 0.25) is 0 Å². The number of carbonyl (C=O) groups is 1. The molecule has 8 heteroatoms. The summed E-state index contributed by atoms with van der Waals surface area (Å²) < 4.78 is 30.4. The van der Waals surface area contributed by atoms with Gasteiger partial charge in [0.25, 0.3) is 0 Å². The Kier molecular flexibility index (Phi) is 6.39. The van der Waals surface area contributed by atoms with Crippen LogP contribution in [0, 0.1) is 11.7 Å². The van der Waals surface area contributed by atoms with Crippen LogP contribution in [0.3, 0.4) is 0 Å². The van der Waals surface area contributed by atoms with E-state index in [1.807, 2.05) is 6.92 Å². The van der Waals surface area contributed by atoms with Crippen molar-refractivity contribution in [3.05, 3.63) is 54.1 Å².